The number of hydrogen-bond acceptors (Lipinski definition) is 0. The van der Waals surface area contributed by atoms with Crippen LogP contribution in [0.5, 0.6) is 0 Å². The van der Waals surface area contributed by atoms with E-state index in [4.69, 9.17) is 0 Å². The van der Waals surface area contributed by atoms with E-state index in [1.165, 1.54) is 12.8 Å². The van der Waals surface area contributed by atoms with E-state index in [9.17, 15) is 0 Å². The van der Waals surface area contributed by atoms with Gasteiger partial charge in [-0.05, 0) is 0 Å². The maximum Gasteiger partial charge on any atom is 3.00 e. The SMILES string of the molecule is O.[CH2-]C.[CH2-]C.[CH2-]CCC.[CH2-]CCC.[Ti+3].[Ti+3].[c-]1ccccc1.[c-]1ccccc1. The number of benzene rings is 2. The van der Waals surface area contributed by atoms with Crippen molar-refractivity contribution in [3.8, 4) is 0 Å². The van der Waals surface area contributed by atoms with Crippen molar-refractivity contribution in [1.82, 2.24) is 0 Å². The fraction of sp³-hybridized carbons (Fsp3) is 0.333. The van der Waals surface area contributed by atoms with Crippen LogP contribution in [0.3, 0.4) is 0 Å². The molecule has 0 bridgehead atoms. The van der Waals surface area contributed by atoms with Crippen LogP contribution >= 0.6 is 0 Å². The predicted octanol–water partition coefficient (Wildman–Crippen LogP) is 7.07. The van der Waals surface area contributed by atoms with Crippen molar-refractivity contribution in [1.29, 1.82) is 0 Å². The molecule has 2 aromatic carbocycles. The number of unbranched alkanes of at least 4 members (excludes halogenated alkanes) is 2. The molecule has 3 heteroatoms. The molecule has 0 aliphatic rings. The Morgan fingerprint density at radius 1 is 0.556 bits per heavy atom. The number of hydrogen-bond donors (Lipinski definition) is 0. The minimum atomic E-state index is 0. The molecule has 1 nitrogen and oxygen atoms in total. The van der Waals surface area contributed by atoms with Gasteiger partial charge in [-0.25, -0.2) is 0 Å². The molecule has 0 saturated carbocycles. The van der Waals surface area contributed by atoms with Crippen molar-refractivity contribution in [3.05, 3.63) is 100 Å². The first-order valence-electron chi connectivity index (χ1n) is 8.65. The Bertz CT molecular complexity index is 236. The molecule has 27 heavy (non-hydrogen) atoms. The molecule has 2 rings (SSSR count). The normalized spacial score (nSPS) is 6.22. The van der Waals surface area contributed by atoms with E-state index in [-0.39, 0.29) is 48.9 Å². The van der Waals surface area contributed by atoms with Gasteiger partial charge in [0.1, 0.15) is 0 Å². The zero-order chi connectivity index (χ0) is 19.3. The first kappa shape index (κ1) is 45.5. The van der Waals surface area contributed by atoms with Gasteiger partial charge in [0.05, 0.1) is 0 Å². The summed E-state index contributed by atoms with van der Waals surface area (Å²) in [5, 5.41) is 0. The fourth-order valence-electron chi connectivity index (χ4n) is 0.684. The summed E-state index contributed by atoms with van der Waals surface area (Å²) < 4.78 is 0. The molecule has 0 spiro atoms. The van der Waals surface area contributed by atoms with Crippen LogP contribution in [0.4, 0.5) is 0 Å². The van der Waals surface area contributed by atoms with Crippen molar-refractivity contribution >= 4 is 0 Å². The Labute approximate surface area is 201 Å². The van der Waals surface area contributed by atoms with Crippen LogP contribution in [0.15, 0.2) is 60.7 Å². The topological polar surface area (TPSA) is 31.5 Å². The van der Waals surface area contributed by atoms with E-state index in [0.717, 1.165) is 12.8 Å². The van der Waals surface area contributed by atoms with Crippen LogP contribution in [0.25, 0.3) is 0 Å². The van der Waals surface area contributed by atoms with Crippen molar-refractivity contribution in [3.63, 3.8) is 0 Å². The van der Waals surface area contributed by atoms with Crippen LogP contribution in [-0.4, -0.2) is 5.48 Å². The van der Waals surface area contributed by atoms with Crippen molar-refractivity contribution < 1.29 is 48.9 Å². The molecule has 0 heterocycles. The average molecular weight is 440 g/mol. The van der Waals surface area contributed by atoms with Gasteiger partial charge < -0.3 is 33.2 Å². The molecule has 150 valence electrons. The van der Waals surface area contributed by atoms with Gasteiger partial charge in [0, 0.05) is 0 Å². The summed E-state index contributed by atoms with van der Waals surface area (Å²) in [5.74, 6) is 0. The summed E-state index contributed by atoms with van der Waals surface area (Å²) in [5.41, 5.74) is 0. The quantitative estimate of drug-likeness (QED) is 0.354. The van der Waals surface area contributed by atoms with Crippen LogP contribution in [0.2, 0.25) is 0 Å². The Balaban J connectivity index is -0.0000000365. The van der Waals surface area contributed by atoms with Gasteiger partial charge in [-0.2, -0.15) is 99.5 Å². The summed E-state index contributed by atoms with van der Waals surface area (Å²) >= 11 is 0. The van der Waals surface area contributed by atoms with E-state index in [0.29, 0.717) is 0 Å². The van der Waals surface area contributed by atoms with Gasteiger partial charge in [0.25, 0.3) is 0 Å². The zero-order valence-electron chi connectivity index (χ0n) is 17.9. The van der Waals surface area contributed by atoms with E-state index in [2.05, 4.69) is 53.7 Å². The minimum Gasteiger partial charge on any atom is -0.412 e. The summed E-state index contributed by atoms with van der Waals surface area (Å²) in [6.07, 6.45) is 4.56. The van der Waals surface area contributed by atoms with Gasteiger partial charge in [-0.1, -0.05) is 26.7 Å². The van der Waals surface area contributed by atoms with Crippen molar-refractivity contribution in [2.75, 3.05) is 0 Å². The monoisotopic (exact) mass is 440 g/mol. The van der Waals surface area contributed by atoms with Crippen molar-refractivity contribution in [2.45, 2.75) is 53.4 Å². The Morgan fingerprint density at radius 3 is 0.778 bits per heavy atom. The molecule has 0 aliphatic heterocycles. The van der Waals surface area contributed by atoms with Gasteiger partial charge in [-0.15, -0.1) is 0 Å². The van der Waals surface area contributed by atoms with Crippen LogP contribution < -0.4 is 0 Å². The van der Waals surface area contributed by atoms with E-state index in [1.54, 1.807) is 13.8 Å². The smallest absolute Gasteiger partial charge is 0.412 e. The molecule has 0 aliphatic carbocycles. The molecule has 2 radical (unpaired) electrons. The maximum atomic E-state index is 3.60. The second-order valence-corrected chi connectivity index (χ2v) is 3.86. The van der Waals surface area contributed by atoms with Crippen molar-refractivity contribution in [2.24, 2.45) is 0 Å². The Morgan fingerprint density at radius 2 is 0.741 bits per heavy atom. The molecule has 0 unspecified atom stereocenters. The second-order valence-electron chi connectivity index (χ2n) is 3.86. The van der Waals surface area contributed by atoms with Gasteiger partial charge >= 0.3 is 43.4 Å². The molecular weight excluding hydrogens is 400 g/mol. The molecular formula is C24H40OTi2. The maximum absolute atomic E-state index is 3.60. The first-order valence-corrected chi connectivity index (χ1v) is 8.65. The van der Waals surface area contributed by atoms with E-state index in [1.807, 2.05) is 60.7 Å². The van der Waals surface area contributed by atoms with Crippen LogP contribution in [0.1, 0.15) is 53.4 Å². The summed E-state index contributed by atoms with van der Waals surface area (Å²) in [6, 6.07) is 25.0. The van der Waals surface area contributed by atoms with Crippen LogP contribution in [-0.2, 0) is 43.4 Å². The molecule has 0 amide bonds. The second kappa shape index (κ2) is 63.6. The van der Waals surface area contributed by atoms with E-state index < -0.39 is 0 Å². The Kier molecular flexibility index (Phi) is 107. The molecule has 0 atom stereocenters. The number of rotatable bonds is 2. The molecule has 0 aromatic heterocycles. The third-order valence-corrected chi connectivity index (χ3v) is 1.92. The summed E-state index contributed by atoms with van der Waals surface area (Å²) in [4.78, 5) is 0. The van der Waals surface area contributed by atoms with Gasteiger partial charge in [0.2, 0.25) is 0 Å². The summed E-state index contributed by atoms with van der Waals surface area (Å²) in [7, 11) is 0. The minimum absolute atomic E-state index is 0. The molecule has 2 aromatic rings. The Hall–Kier alpha value is -0.171. The molecule has 0 fully saturated rings. The molecule has 0 saturated heterocycles. The third-order valence-electron chi connectivity index (χ3n) is 1.92. The predicted molar refractivity (Wildman–Crippen MR) is 117 cm³/mol. The average Bonchev–Trinajstić information content (AvgIpc) is 2.74. The van der Waals surface area contributed by atoms with Crippen LogP contribution in [0, 0.1) is 39.8 Å². The van der Waals surface area contributed by atoms with E-state index >= 15 is 0 Å². The van der Waals surface area contributed by atoms with Gasteiger partial charge in [-0.3, -0.25) is 0 Å². The fourth-order valence-corrected chi connectivity index (χ4v) is 0.684. The molecule has 2 N–H and O–H groups in total. The largest absolute Gasteiger partial charge is 3.00 e. The van der Waals surface area contributed by atoms with Gasteiger partial charge in [0.15, 0.2) is 0 Å². The standard InChI is InChI=1S/2C6H5.2C4H9.2C2H5.H2O.2Ti/c2*1-2-4-6-5-3-1;2*1-3-4-2;2*1-2;;;/h2*1-5H;2*1,3-4H2,2H3;2*1H2,2H3;1H2;;/q6*-1;;2*+3. The zero-order valence-corrected chi connectivity index (χ0v) is 21.1. The summed E-state index contributed by atoms with van der Waals surface area (Å²) in [6.45, 7) is 21.4. The third kappa shape index (κ3) is 76.7. The first-order chi connectivity index (χ1) is 11.8.